The number of halogens is 1. The van der Waals surface area contributed by atoms with Crippen LogP contribution in [0.2, 0.25) is 5.02 Å². The minimum Gasteiger partial charge on any atom is -0.478 e. The van der Waals surface area contributed by atoms with E-state index in [0.29, 0.717) is 34.4 Å². The van der Waals surface area contributed by atoms with Crippen LogP contribution in [0.5, 0.6) is 5.75 Å². The van der Waals surface area contributed by atoms with Gasteiger partial charge < -0.3 is 9.30 Å². The highest BCUT2D eigenvalue weighted by Crippen LogP contribution is 2.36. The Balaban J connectivity index is 1.30. The summed E-state index contributed by atoms with van der Waals surface area (Å²) in [6.45, 7) is 1.69. The van der Waals surface area contributed by atoms with E-state index in [1.54, 1.807) is 18.2 Å². The molecule has 5 rings (SSSR count). The van der Waals surface area contributed by atoms with Gasteiger partial charge in [0.05, 0.1) is 5.69 Å². The van der Waals surface area contributed by atoms with E-state index >= 15 is 0 Å². The van der Waals surface area contributed by atoms with E-state index in [1.165, 1.54) is 21.6 Å². The largest absolute Gasteiger partial charge is 0.478 e. The first-order chi connectivity index (χ1) is 16.4. The van der Waals surface area contributed by atoms with Crippen molar-refractivity contribution in [2.24, 2.45) is 7.05 Å². The first-order valence-corrected chi connectivity index (χ1v) is 12.0. The summed E-state index contributed by atoms with van der Waals surface area (Å²) in [4.78, 5) is 27.1. The van der Waals surface area contributed by atoms with E-state index in [0.717, 1.165) is 16.1 Å². The second-order valence-electron chi connectivity index (χ2n) is 8.06. The molecule has 0 saturated carbocycles. The van der Waals surface area contributed by atoms with E-state index in [2.05, 4.69) is 38.4 Å². The Morgan fingerprint density at radius 2 is 2.06 bits per heavy atom. The first kappa shape index (κ1) is 22.4. The van der Waals surface area contributed by atoms with E-state index in [-0.39, 0.29) is 18.4 Å². The number of para-hydroxylation sites is 1. The molecule has 10 heteroatoms. The van der Waals surface area contributed by atoms with Gasteiger partial charge in [0.25, 0.3) is 5.91 Å². The van der Waals surface area contributed by atoms with Crippen molar-refractivity contribution in [3.63, 3.8) is 0 Å². The van der Waals surface area contributed by atoms with Gasteiger partial charge in [0.1, 0.15) is 17.3 Å². The number of anilines is 2. The summed E-state index contributed by atoms with van der Waals surface area (Å²) in [5.74, 6) is -0.123. The van der Waals surface area contributed by atoms with Gasteiger partial charge in [0.2, 0.25) is 11.0 Å². The van der Waals surface area contributed by atoms with Gasteiger partial charge in [-0.2, -0.15) is 0 Å². The number of hydrogen-bond donors (Lipinski definition) is 1. The summed E-state index contributed by atoms with van der Waals surface area (Å²) in [5.41, 5.74) is 2.77. The van der Waals surface area contributed by atoms with Crippen LogP contribution in [-0.2, 0) is 23.1 Å². The molecule has 3 heterocycles. The number of aryl methyl sites for hydroxylation is 1. The highest BCUT2D eigenvalue weighted by Gasteiger charge is 2.34. The molecule has 1 N–H and O–H groups in total. The zero-order valence-corrected chi connectivity index (χ0v) is 20.2. The fraction of sp³-hybridized carbons (Fsp3) is 0.250. The maximum absolute atomic E-state index is 12.9. The molecule has 0 radical (unpaired) electrons. The number of nitrogens with one attached hydrogen (secondary N) is 1. The van der Waals surface area contributed by atoms with E-state index in [9.17, 15) is 9.59 Å². The number of hydrogen-bond acceptors (Lipinski definition) is 6. The predicted molar refractivity (Wildman–Crippen MR) is 133 cm³/mol. The summed E-state index contributed by atoms with van der Waals surface area (Å²) in [5, 5.41) is 13.9. The quantitative estimate of drug-likeness (QED) is 0.428. The van der Waals surface area contributed by atoms with E-state index < -0.39 is 6.10 Å². The van der Waals surface area contributed by atoms with Crippen molar-refractivity contribution >= 4 is 56.5 Å². The summed E-state index contributed by atoms with van der Waals surface area (Å²) in [6.07, 6.45) is 2.55. The summed E-state index contributed by atoms with van der Waals surface area (Å²) in [6, 6.07) is 13.2. The summed E-state index contributed by atoms with van der Waals surface area (Å²) < 4.78 is 7.85. The van der Waals surface area contributed by atoms with Gasteiger partial charge in [0.15, 0.2) is 6.10 Å². The Hall–Kier alpha value is -3.43. The van der Waals surface area contributed by atoms with Gasteiger partial charge >= 0.3 is 0 Å². The molecule has 174 valence electrons. The van der Waals surface area contributed by atoms with Crippen LogP contribution in [0, 0.1) is 0 Å². The number of rotatable bonds is 6. The molecule has 4 aromatic rings. The second-order valence-corrected chi connectivity index (χ2v) is 9.56. The molecule has 8 nitrogen and oxygen atoms in total. The fourth-order valence-electron chi connectivity index (χ4n) is 4.13. The number of carbonyl (C=O) groups excluding carboxylic acids is 2. The first-order valence-electron chi connectivity index (χ1n) is 10.9. The zero-order chi connectivity index (χ0) is 23.8. The van der Waals surface area contributed by atoms with Crippen molar-refractivity contribution in [1.82, 2.24) is 14.8 Å². The highest BCUT2D eigenvalue weighted by molar-refractivity contribution is 7.15. The van der Waals surface area contributed by atoms with Crippen molar-refractivity contribution < 1.29 is 14.3 Å². The third-order valence-electron chi connectivity index (χ3n) is 5.73. The van der Waals surface area contributed by atoms with Crippen LogP contribution in [0.1, 0.15) is 23.9 Å². The van der Waals surface area contributed by atoms with Crippen LogP contribution in [0.3, 0.4) is 0 Å². The summed E-state index contributed by atoms with van der Waals surface area (Å²) >= 11 is 7.44. The average Bonchev–Trinajstić information content (AvgIpc) is 3.39. The van der Waals surface area contributed by atoms with Crippen molar-refractivity contribution in [3.8, 4) is 5.75 Å². The molecule has 0 bridgehead atoms. The Morgan fingerprint density at radius 3 is 2.88 bits per heavy atom. The summed E-state index contributed by atoms with van der Waals surface area (Å²) in [7, 11) is 2.01. The number of nitrogens with zero attached hydrogens (tertiary/aromatic N) is 4. The van der Waals surface area contributed by atoms with Crippen LogP contribution in [0.4, 0.5) is 10.8 Å². The third-order valence-corrected chi connectivity index (χ3v) is 6.80. The lowest BCUT2D eigenvalue weighted by Crippen LogP contribution is -2.48. The third kappa shape index (κ3) is 4.24. The lowest BCUT2D eigenvalue weighted by molar-refractivity contribution is -0.128. The Bertz CT molecular complexity index is 1400. The number of carbonyl (C=O) groups is 2. The van der Waals surface area contributed by atoms with Gasteiger partial charge in [0, 0.05) is 35.6 Å². The smallest absolute Gasteiger partial charge is 0.268 e. The SMILES string of the molecule is CC[C@H]1Oc2ccc(Cl)cc2N(CC(=O)Nc2nnc(Cc3cn(C)c4ccccc34)s2)C1=O. The lowest BCUT2D eigenvalue weighted by atomic mass is 10.1. The average molecular weight is 496 g/mol. The molecule has 0 aliphatic carbocycles. The molecule has 0 spiro atoms. The normalized spacial score (nSPS) is 15.3. The molecule has 0 fully saturated rings. The zero-order valence-electron chi connectivity index (χ0n) is 18.6. The second kappa shape index (κ2) is 9.08. The molecule has 1 aliphatic heterocycles. The molecule has 2 aromatic carbocycles. The predicted octanol–water partition coefficient (Wildman–Crippen LogP) is 4.42. The maximum atomic E-state index is 12.9. The highest BCUT2D eigenvalue weighted by atomic mass is 35.5. The van der Waals surface area contributed by atoms with Crippen LogP contribution in [-0.4, -0.2) is 39.2 Å². The van der Waals surface area contributed by atoms with E-state index in [1.807, 2.05) is 26.1 Å². The molecule has 2 amide bonds. The van der Waals surface area contributed by atoms with Gasteiger partial charge in [-0.1, -0.05) is 48.1 Å². The van der Waals surface area contributed by atoms with Gasteiger partial charge in [-0.15, -0.1) is 10.2 Å². The molecule has 1 atom stereocenters. The Kier molecular flexibility index (Phi) is 5.97. The number of benzene rings is 2. The molecular formula is C24H22ClN5O3S. The fourth-order valence-corrected chi connectivity index (χ4v) is 5.07. The minimum absolute atomic E-state index is 0.176. The van der Waals surface area contributed by atoms with Gasteiger partial charge in [-0.25, -0.2) is 0 Å². The standard InChI is InChI=1S/C24H22ClN5O3S/c1-3-19-23(32)30(18-11-15(25)8-9-20(18)33-19)13-21(31)26-24-28-27-22(34-24)10-14-12-29(2)17-7-5-4-6-16(14)17/h4-9,11-12,19H,3,10,13H2,1-2H3,(H,26,28,31)/t19-/m1/s1. The molecule has 0 saturated heterocycles. The van der Waals surface area contributed by atoms with Gasteiger partial charge in [-0.05, 0) is 36.2 Å². The molecule has 34 heavy (non-hydrogen) atoms. The molecule has 0 unspecified atom stereocenters. The van der Waals surface area contributed by atoms with Crippen LogP contribution in [0.15, 0.2) is 48.7 Å². The van der Waals surface area contributed by atoms with Crippen LogP contribution >= 0.6 is 22.9 Å². The number of aromatic nitrogens is 3. The molecule has 2 aromatic heterocycles. The maximum Gasteiger partial charge on any atom is 0.268 e. The molecule has 1 aliphatic rings. The van der Waals surface area contributed by atoms with Crippen molar-refractivity contribution in [2.45, 2.75) is 25.9 Å². The number of ether oxygens (including phenoxy) is 1. The Morgan fingerprint density at radius 1 is 1.24 bits per heavy atom. The Labute approximate surface area is 205 Å². The topological polar surface area (TPSA) is 89.3 Å². The van der Waals surface area contributed by atoms with Crippen molar-refractivity contribution in [2.75, 3.05) is 16.8 Å². The minimum atomic E-state index is -0.643. The monoisotopic (exact) mass is 495 g/mol. The van der Waals surface area contributed by atoms with Crippen LogP contribution < -0.4 is 15.0 Å². The van der Waals surface area contributed by atoms with Crippen molar-refractivity contribution in [1.29, 1.82) is 0 Å². The van der Waals surface area contributed by atoms with Crippen molar-refractivity contribution in [3.05, 3.63) is 64.3 Å². The number of amides is 2. The van der Waals surface area contributed by atoms with Gasteiger partial charge in [-0.3, -0.25) is 19.8 Å². The molecular weight excluding hydrogens is 474 g/mol. The van der Waals surface area contributed by atoms with E-state index in [4.69, 9.17) is 16.3 Å². The van der Waals surface area contributed by atoms with Crippen LogP contribution in [0.25, 0.3) is 10.9 Å². The lowest BCUT2D eigenvalue weighted by Gasteiger charge is -2.33. The number of fused-ring (bicyclic) bond motifs is 2.